The van der Waals surface area contributed by atoms with Gasteiger partial charge in [0.1, 0.15) is 23.5 Å². The Labute approximate surface area is 145 Å². The minimum absolute atomic E-state index is 0.0103. The van der Waals surface area contributed by atoms with Gasteiger partial charge >= 0.3 is 5.97 Å². The summed E-state index contributed by atoms with van der Waals surface area (Å²) in [4.78, 5) is 35.4. The second kappa shape index (κ2) is 8.10. The maximum Gasteiger partial charge on any atom is 0.341 e. The molecule has 6 heteroatoms. The average Bonchev–Trinajstić information content (AvgIpc) is 2.62. The van der Waals surface area contributed by atoms with Gasteiger partial charge in [-0.15, -0.1) is 0 Å². The minimum atomic E-state index is -0.916. The van der Waals surface area contributed by atoms with E-state index in [1.807, 2.05) is 0 Å². The number of phenolic OH excluding ortho intramolecular Hbond substituents is 1. The van der Waals surface area contributed by atoms with Crippen molar-refractivity contribution in [2.45, 2.75) is 18.9 Å². The first-order valence-electron chi connectivity index (χ1n) is 7.69. The molecule has 2 rings (SSSR count). The number of phenols is 1. The summed E-state index contributed by atoms with van der Waals surface area (Å²) in [6.07, 6.45) is 0.591. The zero-order valence-corrected chi connectivity index (χ0v) is 13.9. The molecule has 0 aliphatic heterocycles. The van der Waals surface area contributed by atoms with Crippen molar-refractivity contribution >= 4 is 18.2 Å². The zero-order valence-electron chi connectivity index (χ0n) is 13.9. The van der Waals surface area contributed by atoms with Crippen LogP contribution in [-0.4, -0.2) is 30.4 Å². The molecule has 0 saturated heterocycles. The van der Waals surface area contributed by atoms with Crippen molar-refractivity contribution < 1.29 is 24.2 Å². The van der Waals surface area contributed by atoms with Crippen LogP contribution in [0.2, 0.25) is 0 Å². The van der Waals surface area contributed by atoms with E-state index in [0.29, 0.717) is 17.4 Å². The molecule has 2 atom stereocenters. The first-order valence-corrected chi connectivity index (χ1v) is 7.69. The van der Waals surface area contributed by atoms with E-state index >= 15 is 0 Å². The van der Waals surface area contributed by atoms with Crippen LogP contribution < -0.4 is 5.32 Å². The molecule has 0 aliphatic carbocycles. The van der Waals surface area contributed by atoms with Gasteiger partial charge in [-0.1, -0.05) is 36.4 Å². The number of methoxy groups -OCH3 is 1. The molecule has 6 nitrogen and oxygen atoms in total. The van der Waals surface area contributed by atoms with Gasteiger partial charge in [-0.05, 0) is 30.2 Å². The number of aldehydes is 1. The Morgan fingerprint density at radius 2 is 1.80 bits per heavy atom. The van der Waals surface area contributed by atoms with Gasteiger partial charge in [-0.25, -0.2) is 4.79 Å². The molecule has 130 valence electrons. The summed E-state index contributed by atoms with van der Waals surface area (Å²) >= 11 is 0. The van der Waals surface area contributed by atoms with E-state index in [9.17, 15) is 19.5 Å². The second-order valence-electron chi connectivity index (χ2n) is 5.52. The Morgan fingerprint density at radius 1 is 1.12 bits per heavy atom. The summed E-state index contributed by atoms with van der Waals surface area (Å²) in [5.41, 5.74) is 1.21. The molecular formula is C19H19NO5. The summed E-state index contributed by atoms with van der Waals surface area (Å²) in [7, 11) is 1.22. The van der Waals surface area contributed by atoms with Crippen molar-refractivity contribution in [2.75, 3.05) is 7.11 Å². The fraction of sp³-hybridized carbons (Fsp3) is 0.211. The highest BCUT2D eigenvalue weighted by Gasteiger charge is 2.22. The fourth-order valence-electron chi connectivity index (χ4n) is 2.44. The van der Waals surface area contributed by atoms with Crippen LogP contribution in [0.15, 0.2) is 48.5 Å². The topological polar surface area (TPSA) is 92.7 Å². The quantitative estimate of drug-likeness (QED) is 0.478. The minimum Gasteiger partial charge on any atom is -0.507 e. The van der Waals surface area contributed by atoms with Crippen LogP contribution in [0.25, 0.3) is 0 Å². The van der Waals surface area contributed by atoms with Gasteiger partial charge < -0.3 is 20.0 Å². The summed E-state index contributed by atoms with van der Waals surface area (Å²) < 4.78 is 4.61. The van der Waals surface area contributed by atoms with Gasteiger partial charge in [-0.2, -0.15) is 0 Å². The lowest BCUT2D eigenvalue weighted by atomic mass is 9.98. The summed E-state index contributed by atoms with van der Waals surface area (Å²) in [6, 6.07) is 12.7. The molecule has 2 unspecified atom stereocenters. The van der Waals surface area contributed by atoms with Crippen LogP contribution >= 0.6 is 0 Å². The predicted octanol–water partition coefficient (Wildman–Crippen LogP) is 2.34. The molecule has 0 saturated carbocycles. The van der Waals surface area contributed by atoms with Crippen LogP contribution in [0.4, 0.5) is 0 Å². The van der Waals surface area contributed by atoms with Crippen molar-refractivity contribution in [3.05, 3.63) is 65.2 Å². The van der Waals surface area contributed by atoms with E-state index in [4.69, 9.17) is 0 Å². The predicted molar refractivity (Wildman–Crippen MR) is 91.3 cm³/mol. The maximum absolute atomic E-state index is 12.4. The Bertz CT molecular complexity index is 773. The molecular weight excluding hydrogens is 322 g/mol. The molecule has 0 aliphatic rings. The fourth-order valence-corrected chi connectivity index (χ4v) is 2.44. The SMILES string of the molecule is COC(=O)c1cc(C(C)NC(=O)C(C=O)c2ccccc2)ccc1O. The Kier molecular flexibility index (Phi) is 5.89. The number of nitrogens with one attached hydrogen (secondary N) is 1. The Hall–Kier alpha value is -3.15. The van der Waals surface area contributed by atoms with E-state index in [2.05, 4.69) is 10.1 Å². The second-order valence-corrected chi connectivity index (χ2v) is 5.52. The van der Waals surface area contributed by atoms with Gasteiger partial charge in [0, 0.05) is 0 Å². The summed E-state index contributed by atoms with van der Waals surface area (Å²) in [6.45, 7) is 1.72. The molecule has 0 bridgehead atoms. The number of esters is 1. The van der Waals surface area contributed by atoms with E-state index in [1.54, 1.807) is 43.3 Å². The van der Waals surface area contributed by atoms with Gasteiger partial charge in [0.25, 0.3) is 0 Å². The van der Waals surface area contributed by atoms with Crippen LogP contribution in [0.5, 0.6) is 5.75 Å². The third kappa shape index (κ3) is 4.23. The molecule has 1 amide bonds. The number of carbonyl (C=O) groups is 3. The molecule has 0 heterocycles. The van der Waals surface area contributed by atoms with Crippen molar-refractivity contribution in [3.63, 3.8) is 0 Å². The van der Waals surface area contributed by atoms with E-state index < -0.39 is 23.8 Å². The third-order valence-electron chi connectivity index (χ3n) is 3.86. The van der Waals surface area contributed by atoms with E-state index in [-0.39, 0.29) is 11.3 Å². The van der Waals surface area contributed by atoms with Gasteiger partial charge in [-0.3, -0.25) is 4.79 Å². The number of rotatable bonds is 6. The van der Waals surface area contributed by atoms with Crippen molar-refractivity contribution in [1.29, 1.82) is 0 Å². The number of hydrogen-bond acceptors (Lipinski definition) is 5. The molecule has 0 spiro atoms. The Morgan fingerprint density at radius 3 is 2.40 bits per heavy atom. The lowest BCUT2D eigenvalue weighted by molar-refractivity contribution is -0.126. The number of amides is 1. The highest BCUT2D eigenvalue weighted by molar-refractivity contribution is 5.97. The van der Waals surface area contributed by atoms with Crippen molar-refractivity contribution in [3.8, 4) is 5.75 Å². The highest BCUT2D eigenvalue weighted by Crippen LogP contribution is 2.24. The van der Waals surface area contributed by atoms with Gasteiger partial charge in [0.05, 0.1) is 13.2 Å². The molecule has 0 fully saturated rings. The summed E-state index contributed by atoms with van der Waals surface area (Å²) in [5.74, 6) is -2.24. The Balaban J connectivity index is 2.18. The number of ether oxygens (including phenoxy) is 1. The largest absolute Gasteiger partial charge is 0.507 e. The molecule has 0 aromatic heterocycles. The normalized spacial score (nSPS) is 12.7. The van der Waals surface area contributed by atoms with Crippen LogP contribution in [0.3, 0.4) is 0 Å². The van der Waals surface area contributed by atoms with Crippen molar-refractivity contribution in [2.24, 2.45) is 0 Å². The molecule has 2 N–H and O–H groups in total. The van der Waals surface area contributed by atoms with Crippen molar-refractivity contribution in [1.82, 2.24) is 5.32 Å². The lowest BCUT2D eigenvalue weighted by Gasteiger charge is -2.18. The van der Waals surface area contributed by atoms with Crippen LogP contribution in [0, 0.1) is 0 Å². The highest BCUT2D eigenvalue weighted by atomic mass is 16.5. The van der Waals surface area contributed by atoms with Gasteiger partial charge in [0.2, 0.25) is 5.91 Å². The number of benzene rings is 2. The van der Waals surface area contributed by atoms with Crippen LogP contribution in [0.1, 0.15) is 40.4 Å². The van der Waals surface area contributed by atoms with Gasteiger partial charge in [0.15, 0.2) is 0 Å². The molecule has 2 aromatic rings. The molecule has 2 aromatic carbocycles. The van der Waals surface area contributed by atoms with E-state index in [1.165, 1.54) is 19.2 Å². The lowest BCUT2D eigenvalue weighted by Crippen LogP contribution is -2.32. The van der Waals surface area contributed by atoms with Crippen LogP contribution in [-0.2, 0) is 14.3 Å². The average molecular weight is 341 g/mol. The smallest absolute Gasteiger partial charge is 0.341 e. The monoisotopic (exact) mass is 341 g/mol. The first kappa shape index (κ1) is 18.2. The number of carbonyl (C=O) groups excluding carboxylic acids is 3. The number of aromatic hydroxyl groups is 1. The first-order chi connectivity index (χ1) is 12.0. The number of hydrogen-bond donors (Lipinski definition) is 2. The van der Waals surface area contributed by atoms with E-state index in [0.717, 1.165) is 0 Å². The zero-order chi connectivity index (χ0) is 18.4. The third-order valence-corrected chi connectivity index (χ3v) is 3.86. The molecule has 25 heavy (non-hydrogen) atoms. The standard InChI is InChI=1S/C19H19NO5/c1-12(14-8-9-17(22)15(10-14)19(24)25-2)20-18(23)16(11-21)13-6-4-3-5-7-13/h3-12,16,22H,1-2H3,(H,20,23). The summed E-state index contributed by atoms with van der Waals surface area (Å²) in [5, 5.41) is 12.5. The molecule has 0 radical (unpaired) electrons. The maximum atomic E-state index is 12.4.